The Balaban J connectivity index is 2.00. The molecule has 0 bridgehead atoms. The molecular formula is C23H37NO4S. The van der Waals surface area contributed by atoms with E-state index >= 15 is 0 Å². The minimum atomic E-state index is -0.449. The molecule has 0 saturated carbocycles. The zero-order valence-corrected chi connectivity index (χ0v) is 18.9. The number of non-ortho nitro benzene ring substituents is 1. The Morgan fingerprint density at radius 3 is 1.90 bits per heavy atom. The van der Waals surface area contributed by atoms with Crippen molar-refractivity contribution in [2.75, 3.05) is 0 Å². The molecule has 164 valence electrons. The highest BCUT2D eigenvalue weighted by atomic mass is 32.1. The van der Waals surface area contributed by atoms with Gasteiger partial charge in [-0.25, -0.2) is 0 Å². The SMILES string of the molecule is CCCCCCCCCCCCCCC(C)OC(=S)Oc1ccc([N+](=O)[O-])cc1. The first-order chi connectivity index (χ1) is 14.0. The van der Waals surface area contributed by atoms with Crippen LogP contribution in [0, 0.1) is 10.1 Å². The molecule has 1 unspecified atom stereocenters. The van der Waals surface area contributed by atoms with Gasteiger partial charge >= 0.3 is 5.24 Å². The van der Waals surface area contributed by atoms with Crippen LogP contribution in [0.25, 0.3) is 0 Å². The van der Waals surface area contributed by atoms with Crippen LogP contribution >= 0.6 is 12.2 Å². The molecule has 0 amide bonds. The second kappa shape index (κ2) is 16.1. The number of thiocarbonyl (C=S) groups is 1. The molecule has 0 saturated heterocycles. The van der Waals surface area contributed by atoms with Crippen LogP contribution in [0.3, 0.4) is 0 Å². The van der Waals surface area contributed by atoms with Gasteiger partial charge in [0.2, 0.25) is 0 Å². The van der Waals surface area contributed by atoms with Crippen LogP contribution in [0.4, 0.5) is 5.69 Å². The molecule has 5 nitrogen and oxygen atoms in total. The quantitative estimate of drug-likeness (QED) is 0.118. The smallest absolute Gasteiger partial charge is 0.358 e. The minimum absolute atomic E-state index is 0.00340. The van der Waals surface area contributed by atoms with Crippen molar-refractivity contribution < 1.29 is 14.4 Å². The van der Waals surface area contributed by atoms with Crippen molar-refractivity contribution in [3.63, 3.8) is 0 Å². The maximum atomic E-state index is 10.7. The lowest BCUT2D eigenvalue weighted by atomic mass is 10.0. The summed E-state index contributed by atoms with van der Waals surface area (Å²) < 4.78 is 11.0. The summed E-state index contributed by atoms with van der Waals surface area (Å²) in [6.45, 7) is 4.25. The van der Waals surface area contributed by atoms with E-state index in [-0.39, 0.29) is 17.0 Å². The average molecular weight is 424 g/mol. The fourth-order valence-corrected chi connectivity index (χ4v) is 3.51. The predicted molar refractivity (Wildman–Crippen MR) is 123 cm³/mol. The van der Waals surface area contributed by atoms with E-state index in [2.05, 4.69) is 6.92 Å². The number of ether oxygens (including phenoxy) is 2. The van der Waals surface area contributed by atoms with E-state index in [0.717, 1.165) is 12.8 Å². The maximum absolute atomic E-state index is 10.7. The van der Waals surface area contributed by atoms with Gasteiger partial charge in [0.05, 0.1) is 4.92 Å². The molecule has 0 fully saturated rings. The van der Waals surface area contributed by atoms with Crippen molar-refractivity contribution in [2.45, 2.75) is 103 Å². The molecular weight excluding hydrogens is 386 g/mol. The standard InChI is InChI=1S/C23H37NO4S/c1-3-4-5-6-7-8-9-10-11-12-13-14-15-20(2)27-23(29)28-22-18-16-21(17-19-22)24(25)26/h16-20H,3-15H2,1-2H3. The van der Waals surface area contributed by atoms with Gasteiger partial charge in [0, 0.05) is 24.4 Å². The molecule has 0 radical (unpaired) electrons. The van der Waals surface area contributed by atoms with Crippen LogP contribution in [-0.2, 0) is 4.74 Å². The second-order valence-electron chi connectivity index (χ2n) is 7.71. The molecule has 0 aliphatic rings. The van der Waals surface area contributed by atoms with Crippen molar-refractivity contribution in [2.24, 2.45) is 0 Å². The summed E-state index contributed by atoms with van der Waals surface area (Å²) in [4.78, 5) is 10.2. The number of nitro benzene ring substituents is 1. The van der Waals surface area contributed by atoms with Gasteiger partial charge in [-0.05, 0) is 31.9 Å². The third kappa shape index (κ3) is 13.2. The molecule has 0 aliphatic heterocycles. The number of unbranched alkanes of at least 4 members (excludes halogenated alkanes) is 11. The fraction of sp³-hybridized carbons (Fsp3) is 0.696. The van der Waals surface area contributed by atoms with Gasteiger partial charge in [-0.2, -0.15) is 0 Å². The first kappa shape index (κ1) is 25.3. The van der Waals surface area contributed by atoms with E-state index in [1.54, 1.807) is 0 Å². The molecule has 1 atom stereocenters. The average Bonchev–Trinajstić information content (AvgIpc) is 2.69. The largest absolute Gasteiger partial charge is 0.454 e. The Kier molecular flexibility index (Phi) is 14.1. The Morgan fingerprint density at radius 1 is 0.931 bits per heavy atom. The van der Waals surface area contributed by atoms with E-state index in [1.165, 1.54) is 94.9 Å². The molecule has 29 heavy (non-hydrogen) atoms. The molecule has 1 aromatic carbocycles. The second-order valence-corrected chi connectivity index (χ2v) is 8.04. The summed E-state index contributed by atoms with van der Waals surface area (Å²) in [5, 5.41) is 10.7. The van der Waals surface area contributed by atoms with Crippen LogP contribution in [0.2, 0.25) is 0 Å². The highest BCUT2D eigenvalue weighted by molar-refractivity contribution is 7.79. The van der Waals surface area contributed by atoms with Crippen molar-refractivity contribution >= 4 is 23.1 Å². The fourth-order valence-electron chi connectivity index (χ4n) is 3.25. The third-order valence-corrected chi connectivity index (χ3v) is 5.19. The van der Waals surface area contributed by atoms with E-state index in [0.29, 0.717) is 5.75 Å². The maximum Gasteiger partial charge on any atom is 0.358 e. The zero-order valence-electron chi connectivity index (χ0n) is 18.1. The number of hydrogen-bond acceptors (Lipinski definition) is 5. The lowest BCUT2D eigenvalue weighted by molar-refractivity contribution is -0.384. The Morgan fingerprint density at radius 2 is 1.41 bits per heavy atom. The number of hydrogen-bond donors (Lipinski definition) is 0. The summed E-state index contributed by atoms with van der Waals surface area (Å²) in [5.41, 5.74) is 0.0181. The van der Waals surface area contributed by atoms with Crippen molar-refractivity contribution in [3.05, 3.63) is 34.4 Å². The highest BCUT2D eigenvalue weighted by Crippen LogP contribution is 2.18. The number of nitro groups is 1. The van der Waals surface area contributed by atoms with Gasteiger partial charge in [0.1, 0.15) is 11.9 Å². The van der Waals surface area contributed by atoms with Gasteiger partial charge in [0.25, 0.3) is 5.69 Å². The first-order valence-electron chi connectivity index (χ1n) is 11.2. The lowest BCUT2D eigenvalue weighted by Gasteiger charge is -2.15. The lowest BCUT2D eigenvalue weighted by Crippen LogP contribution is -2.18. The van der Waals surface area contributed by atoms with Crippen LogP contribution < -0.4 is 4.74 Å². The molecule has 0 aliphatic carbocycles. The summed E-state index contributed by atoms with van der Waals surface area (Å²) in [7, 11) is 0. The molecule has 0 aromatic heterocycles. The van der Waals surface area contributed by atoms with Crippen molar-refractivity contribution in [1.82, 2.24) is 0 Å². The van der Waals surface area contributed by atoms with Crippen LogP contribution in [-0.4, -0.2) is 16.3 Å². The predicted octanol–water partition coefficient (Wildman–Crippen LogP) is 7.75. The summed E-state index contributed by atoms with van der Waals surface area (Å²) in [5.74, 6) is 0.443. The monoisotopic (exact) mass is 423 g/mol. The van der Waals surface area contributed by atoms with Crippen LogP contribution in [0.5, 0.6) is 5.75 Å². The first-order valence-corrected chi connectivity index (χ1v) is 11.6. The molecule has 0 N–H and O–H groups in total. The van der Waals surface area contributed by atoms with E-state index < -0.39 is 4.92 Å². The Bertz CT molecular complexity index is 577. The summed E-state index contributed by atoms with van der Waals surface area (Å²) >= 11 is 5.11. The minimum Gasteiger partial charge on any atom is -0.454 e. The van der Waals surface area contributed by atoms with Crippen LogP contribution in [0.15, 0.2) is 24.3 Å². The summed E-state index contributed by atoms with van der Waals surface area (Å²) in [6, 6.07) is 5.80. The topological polar surface area (TPSA) is 61.6 Å². The molecule has 0 heterocycles. The Hall–Kier alpha value is -1.69. The van der Waals surface area contributed by atoms with Gasteiger partial charge in [-0.1, -0.05) is 77.6 Å². The van der Waals surface area contributed by atoms with Gasteiger partial charge in [0.15, 0.2) is 0 Å². The normalized spacial score (nSPS) is 11.8. The highest BCUT2D eigenvalue weighted by Gasteiger charge is 2.10. The van der Waals surface area contributed by atoms with E-state index in [1.807, 2.05) is 6.92 Å². The van der Waals surface area contributed by atoms with Crippen molar-refractivity contribution in [1.29, 1.82) is 0 Å². The molecule has 0 spiro atoms. The van der Waals surface area contributed by atoms with E-state index in [9.17, 15) is 10.1 Å². The third-order valence-electron chi connectivity index (χ3n) is 5.01. The van der Waals surface area contributed by atoms with Gasteiger partial charge < -0.3 is 9.47 Å². The molecule has 1 aromatic rings. The van der Waals surface area contributed by atoms with E-state index in [4.69, 9.17) is 21.7 Å². The molecule has 1 rings (SSSR count). The zero-order chi connectivity index (χ0) is 21.3. The van der Waals surface area contributed by atoms with Gasteiger partial charge in [-0.3, -0.25) is 10.1 Å². The summed E-state index contributed by atoms with van der Waals surface area (Å²) in [6.07, 6.45) is 16.9. The van der Waals surface area contributed by atoms with Crippen LogP contribution in [0.1, 0.15) is 97.3 Å². The molecule has 6 heteroatoms. The number of nitrogens with zero attached hydrogens (tertiary/aromatic N) is 1. The number of benzene rings is 1. The van der Waals surface area contributed by atoms with Gasteiger partial charge in [-0.15, -0.1) is 0 Å². The Labute approximate surface area is 181 Å². The van der Waals surface area contributed by atoms with Crippen molar-refractivity contribution in [3.8, 4) is 5.75 Å². The number of rotatable bonds is 16.